The van der Waals surface area contributed by atoms with Crippen LogP contribution in [0.3, 0.4) is 0 Å². The van der Waals surface area contributed by atoms with Crippen LogP contribution in [0.4, 0.5) is 0 Å². The number of benzene rings is 1. The van der Waals surface area contributed by atoms with Crippen LogP contribution in [-0.4, -0.2) is 23.3 Å². The van der Waals surface area contributed by atoms with E-state index in [0.29, 0.717) is 11.8 Å². The number of nitrogens with zero attached hydrogens (tertiary/aromatic N) is 2. The summed E-state index contributed by atoms with van der Waals surface area (Å²) in [5.41, 5.74) is 0. The second-order valence-corrected chi connectivity index (χ2v) is 4.77. The zero-order valence-electron chi connectivity index (χ0n) is 11.0. The summed E-state index contributed by atoms with van der Waals surface area (Å²) in [6.45, 7) is 6.30. The van der Waals surface area contributed by atoms with Crippen LogP contribution in [0.1, 0.15) is 18.9 Å². The molecule has 0 unspecified atom stereocenters. The minimum Gasteiger partial charge on any atom is -0.494 e. The van der Waals surface area contributed by atoms with Crippen LogP contribution in [0.15, 0.2) is 24.3 Å². The first-order chi connectivity index (χ1) is 9.31. The van der Waals surface area contributed by atoms with E-state index in [2.05, 4.69) is 22.4 Å². The Morgan fingerprint density at radius 1 is 1.11 bits per heavy atom. The average Bonchev–Trinajstić information content (AvgIpc) is 2.87. The third kappa shape index (κ3) is 4.18. The van der Waals surface area contributed by atoms with E-state index in [9.17, 15) is 0 Å². The van der Waals surface area contributed by atoms with Crippen LogP contribution in [0.25, 0.3) is 0 Å². The molecule has 0 aliphatic rings. The van der Waals surface area contributed by atoms with Crippen molar-refractivity contribution in [2.45, 2.75) is 20.4 Å². The first-order valence-electron chi connectivity index (χ1n) is 6.25. The number of nitrogens with one attached hydrogen (secondary N) is 1. The zero-order chi connectivity index (χ0) is 13.5. The Morgan fingerprint density at radius 2 is 1.84 bits per heavy atom. The lowest BCUT2D eigenvalue weighted by Crippen LogP contribution is -2.11. The van der Waals surface area contributed by atoms with E-state index in [1.807, 2.05) is 31.2 Å². The van der Waals surface area contributed by atoms with Gasteiger partial charge < -0.3 is 14.8 Å². The Labute approximate surface area is 116 Å². The molecule has 0 radical (unpaired) electrons. The summed E-state index contributed by atoms with van der Waals surface area (Å²) < 4.78 is 11.0. The van der Waals surface area contributed by atoms with Gasteiger partial charge in [0.2, 0.25) is 0 Å². The van der Waals surface area contributed by atoms with Crippen molar-refractivity contribution >= 4 is 11.3 Å². The van der Waals surface area contributed by atoms with Crippen LogP contribution in [0, 0.1) is 0 Å². The standard InChI is InChI=1S/C13H17N3O2S/c1-3-14-9-12-15-16-13(19-12)18-11-7-5-10(6-8-11)17-4-2/h5-8,14H,3-4,9H2,1-2H3. The normalized spacial score (nSPS) is 10.4. The average molecular weight is 279 g/mol. The summed E-state index contributed by atoms with van der Waals surface area (Å²) in [6, 6.07) is 7.46. The third-order valence-electron chi connectivity index (χ3n) is 2.31. The summed E-state index contributed by atoms with van der Waals surface area (Å²) in [5.74, 6) is 1.56. The summed E-state index contributed by atoms with van der Waals surface area (Å²) >= 11 is 1.44. The Balaban J connectivity index is 1.94. The lowest BCUT2D eigenvalue weighted by molar-refractivity contribution is 0.339. The van der Waals surface area contributed by atoms with Gasteiger partial charge in [0.1, 0.15) is 16.5 Å². The second kappa shape index (κ2) is 7.06. The number of hydrogen-bond acceptors (Lipinski definition) is 6. The van der Waals surface area contributed by atoms with Crippen LogP contribution in [0.2, 0.25) is 0 Å². The molecular weight excluding hydrogens is 262 g/mol. The van der Waals surface area contributed by atoms with E-state index >= 15 is 0 Å². The van der Waals surface area contributed by atoms with Crippen molar-refractivity contribution in [2.75, 3.05) is 13.2 Å². The van der Waals surface area contributed by atoms with Gasteiger partial charge in [-0.05, 0) is 37.7 Å². The summed E-state index contributed by atoms with van der Waals surface area (Å²) in [5, 5.41) is 12.7. The molecule has 2 rings (SSSR count). The van der Waals surface area contributed by atoms with Crippen molar-refractivity contribution in [1.29, 1.82) is 0 Å². The maximum absolute atomic E-state index is 5.63. The van der Waals surface area contributed by atoms with E-state index in [1.165, 1.54) is 11.3 Å². The zero-order valence-corrected chi connectivity index (χ0v) is 11.9. The van der Waals surface area contributed by atoms with Crippen molar-refractivity contribution in [3.8, 4) is 16.7 Å². The smallest absolute Gasteiger partial charge is 0.299 e. The van der Waals surface area contributed by atoms with Gasteiger partial charge >= 0.3 is 0 Å². The fourth-order valence-corrected chi connectivity index (χ4v) is 2.13. The van der Waals surface area contributed by atoms with Gasteiger partial charge in [-0.15, -0.1) is 5.10 Å². The van der Waals surface area contributed by atoms with Crippen LogP contribution >= 0.6 is 11.3 Å². The van der Waals surface area contributed by atoms with E-state index in [-0.39, 0.29) is 0 Å². The van der Waals surface area contributed by atoms with Gasteiger partial charge in [-0.1, -0.05) is 23.4 Å². The molecule has 1 aromatic heterocycles. The summed E-state index contributed by atoms with van der Waals surface area (Å²) in [7, 11) is 0. The van der Waals surface area contributed by atoms with Crippen molar-refractivity contribution in [3.63, 3.8) is 0 Å². The Hall–Kier alpha value is -1.66. The van der Waals surface area contributed by atoms with Gasteiger partial charge in [-0.2, -0.15) is 0 Å². The molecule has 2 aromatic rings. The number of aromatic nitrogens is 2. The molecule has 1 aromatic carbocycles. The number of ether oxygens (including phenoxy) is 2. The quantitative estimate of drug-likeness (QED) is 0.844. The molecular formula is C13H17N3O2S. The Morgan fingerprint density at radius 3 is 2.53 bits per heavy atom. The minimum absolute atomic E-state index is 0.553. The van der Waals surface area contributed by atoms with E-state index in [1.54, 1.807) is 0 Å². The molecule has 0 aliphatic carbocycles. The SMILES string of the molecule is CCNCc1nnc(Oc2ccc(OCC)cc2)s1. The fraction of sp³-hybridized carbons (Fsp3) is 0.385. The highest BCUT2D eigenvalue weighted by Gasteiger charge is 2.06. The van der Waals surface area contributed by atoms with Crippen molar-refractivity contribution < 1.29 is 9.47 Å². The highest BCUT2D eigenvalue weighted by atomic mass is 32.1. The number of hydrogen-bond donors (Lipinski definition) is 1. The van der Waals surface area contributed by atoms with Gasteiger partial charge in [0.05, 0.1) is 6.61 Å². The molecule has 0 bridgehead atoms. The molecule has 0 amide bonds. The van der Waals surface area contributed by atoms with Crippen LogP contribution < -0.4 is 14.8 Å². The van der Waals surface area contributed by atoms with Crippen LogP contribution in [-0.2, 0) is 6.54 Å². The first-order valence-corrected chi connectivity index (χ1v) is 7.07. The van der Waals surface area contributed by atoms with Crippen LogP contribution in [0.5, 0.6) is 16.7 Å². The number of rotatable bonds is 7. The minimum atomic E-state index is 0.553. The molecule has 0 fully saturated rings. The molecule has 102 valence electrons. The lowest BCUT2D eigenvalue weighted by atomic mass is 10.3. The molecule has 0 atom stereocenters. The molecule has 0 saturated carbocycles. The monoisotopic (exact) mass is 279 g/mol. The van der Waals surface area contributed by atoms with Gasteiger partial charge in [0.25, 0.3) is 5.19 Å². The highest BCUT2D eigenvalue weighted by Crippen LogP contribution is 2.26. The topological polar surface area (TPSA) is 56.3 Å². The van der Waals surface area contributed by atoms with Gasteiger partial charge in [0.15, 0.2) is 0 Å². The molecule has 6 heteroatoms. The summed E-state index contributed by atoms with van der Waals surface area (Å²) in [4.78, 5) is 0. The highest BCUT2D eigenvalue weighted by molar-refractivity contribution is 7.13. The maximum atomic E-state index is 5.63. The molecule has 1 heterocycles. The van der Waals surface area contributed by atoms with Crippen molar-refractivity contribution in [2.24, 2.45) is 0 Å². The Kier molecular flexibility index (Phi) is 5.11. The predicted molar refractivity (Wildman–Crippen MR) is 75.0 cm³/mol. The second-order valence-electron chi connectivity index (χ2n) is 3.75. The molecule has 0 aliphatic heterocycles. The Bertz CT molecular complexity index is 499. The fourth-order valence-electron chi connectivity index (χ4n) is 1.45. The molecule has 1 N–H and O–H groups in total. The van der Waals surface area contributed by atoms with Crippen molar-refractivity contribution in [1.82, 2.24) is 15.5 Å². The molecule has 0 saturated heterocycles. The van der Waals surface area contributed by atoms with Crippen molar-refractivity contribution in [3.05, 3.63) is 29.3 Å². The first kappa shape index (κ1) is 13.8. The van der Waals surface area contributed by atoms with E-state index < -0.39 is 0 Å². The van der Waals surface area contributed by atoms with E-state index in [0.717, 1.165) is 29.6 Å². The van der Waals surface area contributed by atoms with Gasteiger partial charge in [-0.25, -0.2) is 0 Å². The maximum Gasteiger partial charge on any atom is 0.299 e. The van der Waals surface area contributed by atoms with E-state index in [4.69, 9.17) is 9.47 Å². The largest absolute Gasteiger partial charge is 0.494 e. The summed E-state index contributed by atoms with van der Waals surface area (Å²) in [6.07, 6.45) is 0. The molecule has 0 spiro atoms. The van der Waals surface area contributed by atoms with Gasteiger partial charge in [-0.3, -0.25) is 0 Å². The lowest BCUT2D eigenvalue weighted by Gasteiger charge is -2.04. The molecule has 5 nitrogen and oxygen atoms in total. The third-order valence-corrected chi connectivity index (χ3v) is 3.12. The van der Waals surface area contributed by atoms with Gasteiger partial charge in [0, 0.05) is 6.54 Å². The predicted octanol–water partition coefficient (Wildman–Crippen LogP) is 2.84. The molecule has 19 heavy (non-hydrogen) atoms.